The van der Waals surface area contributed by atoms with E-state index in [9.17, 15) is 9.90 Å². The van der Waals surface area contributed by atoms with E-state index in [1.807, 2.05) is 4.68 Å². The van der Waals surface area contributed by atoms with Gasteiger partial charge in [0.15, 0.2) is 5.82 Å². The summed E-state index contributed by atoms with van der Waals surface area (Å²) >= 11 is 0. The molecule has 0 aliphatic heterocycles. The largest absolute Gasteiger partial charge is 0.480 e. The fraction of sp³-hybridized carbons (Fsp3) is 0.636. The lowest BCUT2D eigenvalue weighted by atomic mass is 10.0. The molecule has 0 unspecified atom stereocenters. The molecule has 2 saturated carbocycles. The predicted molar refractivity (Wildman–Crippen MR) is 117 cm³/mol. The summed E-state index contributed by atoms with van der Waals surface area (Å²) in [5.74, 6) is 2.08. The smallest absolute Gasteiger partial charge is 0.408 e. The van der Waals surface area contributed by atoms with E-state index in [4.69, 9.17) is 9.84 Å². The van der Waals surface area contributed by atoms with Gasteiger partial charge < -0.3 is 15.2 Å². The Hall–Kier alpha value is -2.84. The van der Waals surface area contributed by atoms with Gasteiger partial charge in [0.2, 0.25) is 5.88 Å². The van der Waals surface area contributed by atoms with E-state index >= 15 is 0 Å². The minimum atomic E-state index is -0.801. The quantitative estimate of drug-likeness (QED) is 0.704. The molecule has 2 atom stereocenters. The Bertz CT molecular complexity index is 962. The topological polar surface area (TPSA) is 105 Å². The minimum absolute atomic E-state index is 0.0513. The third kappa shape index (κ3) is 4.31. The van der Waals surface area contributed by atoms with Crippen molar-refractivity contribution in [3.63, 3.8) is 0 Å². The number of hydrogen-bond acceptors (Lipinski definition) is 6. The molecule has 2 aliphatic carbocycles. The fourth-order valence-electron chi connectivity index (χ4n) is 4.55. The van der Waals surface area contributed by atoms with Crippen molar-refractivity contribution < 1.29 is 14.6 Å². The number of amides is 1. The zero-order valence-corrected chi connectivity index (χ0v) is 18.9. The highest BCUT2D eigenvalue weighted by Crippen LogP contribution is 2.47. The van der Waals surface area contributed by atoms with E-state index in [1.165, 1.54) is 0 Å². The van der Waals surface area contributed by atoms with Crippen LogP contribution in [0.15, 0.2) is 18.5 Å². The second kappa shape index (κ2) is 7.69. The molecule has 2 aliphatic rings. The van der Waals surface area contributed by atoms with Gasteiger partial charge in [0.1, 0.15) is 5.82 Å². The molecule has 0 radical (unpaired) electrons. The number of rotatable bonds is 6. The average molecular weight is 429 g/mol. The number of methoxy groups -OCH3 is 1. The van der Waals surface area contributed by atoms with Crippen molar-refractivity contribution in [1.82, 2.24) is 24.6 Å². The average Bonchev–Trinajstić information content (AvgIpc) is 3.08. The SMILES string of the molecule is COc1cncc(Nc2cc([C@H]3CC[C@@H](N(C(=O)O)C4(C)CC4)C3)nn2C(C)(C)C)n1. The van der Waals surface area contributed by atoms with Crippen molar-refractivity contribution in [3.05, 3.63) is 24.2 Å². The highest BCUT2D eigenvalue weighted by molar-refractivity contribution is 5.67. The molecule has 2 aromatic heterocycles. The number of carboxylic acid groups (broad SMARTS) is 1. The summed E-state index contributed by atoms with van der Waals surface area (Å²) in [6.07, 6.45) is 6.93. The lowest BCUT2D eigenvalue weighted by molar-refractivity contribution is 0.0955. The molecule has 2 aromatic rings. The van der Waals surface area contributed by atoms with E-state index in [-0.39, 0.29) is 23.0 Å². The Kier molecular flexibility index (Phi) is 5.31. The van der Waals surface area contributed by atoms with Crippen LogP contribution >= 0.6 is 0 Å². The van der Waals surface area contributed by atoms with E-state index in [0.717, 1.165) is 43.6 Å². The second-order valence-corrected chi connectivity index (χ2v) is 9.92. The van der Waals surface area contributed by atoms with Gasteiger partial charge in [-0.15, -0.1) is 0 Å². The minimum Gasteiger partial charge on any atom is -0.480 e. The first-order valence-electron chi connectivity index (χ1n) is 10.9. The Morgan fingerprint density at radius 3 is 2.68 bits per heavy atom. The van der Waals surface area contributed by atoms with Crippen LogP contribution < -0.4 is 10.1 Å². The summed E-state index contributed by atoms with van der Waals surface area (Å²) in [4.78, 5) is 22.2. The molecule has 9 nitrogen and oxygen atoms in total. The van der Waals surface area contributed by atoms with Gasteiger partial charge in [0.25, 0.3) is 0 Å². The molecule has 4 rings (SSSR count). The summed E-state index contributed by atoms with van der Waals surface area (Å²) in [6.45, 7) is 8.36. The molecule has 168 valence electrons. The van der Waals surface area contributed by atoms with E-state index in [1.54, 1.807) is 24.4 Å². The van der Waals surface area contributed by atoms with Crippen molar-refractivity contribution in [1.29, 1.82) is 0 Å². The van der Waals surface area contributed by atoms with Crippen molar-refractivity contribution in [2.75, 3.05) is 12.4 Å². The number of nitrogens with one attached hydrogen (secondary N) is 1. The molecular weight excluding hydrogens is 396 g/mol. The van der Waals surface area contributed by atoms with Crippen LogP contribution in [0.4, 0.5) is 16.4 Å². The number of nitrogens with zero attached hydrogens (tertiary/aromatic N) is 5. The molecule has 0 saturated heterocycles. The van der Waals surface area contributed by atoms with Crippen molar-refractivity contribution >= 4 is 17.7 Å². The van der Waals surface area contributed by atoms with Crippen LogP contribution in [-0.2, 0) is 5.54 Å². The predicted octanol–water partition coefficient (Wildman–Crippen LogP) is 4.35. The maximum Gasteiger partial charge on any atom is 0.408 e. The lowest BCUT2D eigenvalue weighted by Gasteiger charge is -2.32. The molecule has 2 heterocycles. The van der Waals surface area contributed by atoms with Gasteiger partial charge in [-0.3, -0.25) is 9.88 Å². The highest BCUT2D eigenvalue weighted by Gasteiger charge is 2.50. The number of anilines is 2. The number of hydrogen-bond donors (Lipinski definition) is 2. The first kappa shape index (κ1) is 21.4. The third-order valence-corrected chi connectivity index (χ3v) is 6.39. The third-order valence-electron chi connectivity index (χ3n) is 6.39. The Morgan fingerprint density at radius 2 is 2.06 bits per heavy atom. The van der Waals surface area contributed by atoms with Crippen LogP contribution in [0.5, 0.6) is 5.88 Å². The van der Waals surface area contributed by atoms with Crippen LogP contribution in [0, 0.1) is 0 Å². The summed E-state index contributed by atoms with van der Waals surface area (Å²) in [7, 11) is 1.56. The van der Waals surface area contributed by atoms with Crippen LogP contribution in [-0.4, -0.2) is 54.5 Å². The van der Waals surface area contributed by atoms with Crippen molar-refractivity contribution in [2.45, 2.75) is 82.8 Å². The van der Waals surface area contributed by atoms with Crippen LogP contribution in [0.25, 0.3) is 0 Å². The van der Waals surface area contributed by atoms with Crippen molar-refractivity contribution in [3.8, 4) is 5.88 Å². The molecule has 0 spiro atoms. The number of carbonyl (C=O) groups is 1. The number of ether oxygens (including phenoxy) is 1. The second-order valence-electron chi connectivity index (χ2n) is 9.92. The summed E-state index contributed by atoms with van der Waals surface area (Å²) < 4.78 is 7.14. The molecule has 31 heavy (non-hydrogen) atoms. The zero-order valence-electron chi connectivity index (χ0n) is 18.9. The highest BCUT2D eigenvalue weighted by atomic mass is 16.5. The van der Waals surface area contributed by atoms with E-state index in [2.05, 4.69) is 49.0 Å². The summed E-state index contributed by atoms with van der Waals surface area (Å²) in [5, 5.41) is 18.1. The molecule has 1 amide bonds. The van der Waals surface area contributed by atoms with Gasteiger partial charge in [-0.2, -0.15) is 10.1 Å². The molecule has 0 aromatic carbocycles. The van der Waals surface area contributed by atoms with Gasteiger partial charge in [-0.1, -0.05) is 0 Å². The Balaban J connectivity index is 1.57. The standard InChI is InChI=1S/C22H32N6O3/c1-21(2,3)28-18(24-17-12-23-13-19(25-17)31-5)11-16(26-28)14-6-7-15(10-14)27(20(29)30)22(4)8-9-22/h11-15H,6-10H2,1-5H3,(H,24,25)(H,29,30)/t14-,15+/m0/s1. The fourth-order valence-corrected chi connectivity index (χ4v) is 4.55. The van der Waals surface area contributed by atoms with E-state index < -0.39 is 6.09 Å². The maximum atomic E-state index is 11.9. The number of aromatic nitrogens is 4. The summed E-state index contributed by atoms with van der Waals surface area (Å²) in [5.41, 5.74) is 0.565. The van der Waals surface area contributed by atoms with Gasteiger partial charge >= 0.3 is 6.09 Å². The van der Waals surface area contributed by atoms with Gasteiger partial charge in [-0.05, 0) is 59.8 Å². The first-order chi connectivity index (χ1) is 14.6. The van der Waals surface area contributed by atoms with Crippen LogP contribution in [0.1, 0.15) is 71.4 Å². The molecule has 2 fully saturated rings. The normalized spacial score (nSPS) is 22.2. The molecule has 2 N–H and O–H groups in total. The van der Waals surface area contributed by atoms with Gasteiger partial charge in [-0.25, -0.2) is 9.48 Å². The molecular formula is C22H32N6O3. The molecule has 0 bridgehead atoms. The van der Waals surface area contributed by atoms with Crippen LogP contribution in [0.3, 0.4) is 0 Å². The monoisotopic (exact) mass is 428 g/mol. The maximum absolute atomic E-state index is 11.9. The molecule has 9 heteroatoms. The lowest BCUT2D eigenvalue weighted by Crippen LogP contribution is -2.45. The van der Waals surface area contributed by atoms with Gasteiger partial charge in [0, 0.05) is 23.6 Å². The zero-order chi connectivity index (χ0) is 22.4. The summed E-state index contributed by atoms with van der Waals surface area (Å²) in [6, 6.07) is 2.11. The van der Waals surface area contributed by atoms with Gasteiger partial charge in [0.05, 0.1) is 30.7 Å². The first-order valence-corrected chi connectivity index (χ1v) is 10.9. The van der Waals surface area contributed by atoms with E-state index in [0.29, 0.717) is 11.7 Å². The van der Waals surface area contributed by atoms with Crippen LogP contribution in [0.2, 0.25) is 0 Å². The van der Waals surface area contributed by atoms with Crippen molar-refractivity contribution in [2.24, 2.45) is 0 Å². The Labute approximate surface area is 182 Å². The Morgan fingerprint density at radius 1 is 1.32 bits per heavy atom.